The van der Waals surface area contributed by atoms with Crippen molar-refractivity contribution in [1.82, 2.24) is 5.32 Å². The molecule has 0 amide bonds. The molecule has 1 heteroatoms. The first-order chi connectivity index (χ1) is 6.25. The smallest absolute Gasteiger partial charge is 0.00154 e. The quantitative estimate of drug-likeness (QED) is 0.661. The van der Waals surface area contributed by atoms with Gasteiger partial charge in [-0.1, -0.05) is 40.0 Å². The first kappa shape index (κ1) is 11.0. The van der Waals surface area contributed by atoms with Gasteiger partial charge < -0.3 is 5.32 Å². The van der Waals surface area contributed by atoms with Crippen molar-refractivity contribution in [3.05, 3.63) is 0 Å². The van der Waals surface area contributed by atoms with E-state index in [1.807, 2.05) is 0 Å². The van der Waals surface area contributed by atoms with Crippen LogP contribution in [-0.4, -0.2) is 13.1 Å². The third-order valence-corrected chi connectivity index (χ3v) is 3.59. The van der Waals surface area contributed by atoms with E-state index in [1.165, 1.54) is 38.8 Å². The first-order valence-corrected chi connectivity index (χ1v) is 5.96. The van der Waals surface area contributed by atoms with Gasteiger partial charge in [-0.05, 0) is 37.3 Å². The fraction of sp³-hybridized carbons (Fsp3) is 1.00. The van der Waals surface area contributed by atoms with Gasteiger partial charge in [-0.15, -0.1) is 0 Å². The number of rotatable bonds is 4. The summed E-state index contributed by atoms with van der Waals surface area (Å²) in [6, 6.07) is 0. The summed E-state index contributed by atoms with van der Waals surface area (Å²) in [5.74, 6) is 2.81. The Morgan fingerprint density at radius 2 is 1.77 bits per heavy atom. The SMILES string of the molecule is CCCNCC1C(C)CCCC1C. The highest BCUT2D eigenvalue weighted by atomic mass is 14.9. The Morgan fingerprint density at radius 1 is 1.15 bits per heavy atom. The molecular weight excluding hydrogens is 158 g/mol. The van der Waals surface area contributed by atoms with Crippen LogP contribution in [-0.2, 0) is 0 Å². The minimum Gasteiger partial charge on any atom is -0.316 e. The average molecular weight is 183 g/mol. The van der Waals surface area contributed by atoms with E-state index in [9.17, 15) is 0 Å². The summed E-state index contributed by atoms with van der Waals surface area (Å²) < 4.78 is 0. The molecule has 0 bridgehead atoms. The summed E-state index contributed by atoms with van der Waals surface area (Å²) in [6.07, 6.45) is 5.60. The minimum absolute atomic E-state index is 0.931. The van der Waals surface area contributed by atoms with Crippen molar-refractivity contribution >= 4 is 0 Å². The van der Waals surface area contributed by atoms with Gasteiger partial charge in [0.25, 0.3) is 0 Å². The second-order valence-corrected chi connectivity index (χ2v) is 4.75. The standard InChI is InChI=1S/C12H25N/c1-4-8-13-9-12-10(2)6-5-7-11(12)3/h10-13H,4-9H2,1-3H3. The Kier molecular flexibility index (Phi) is 4.79. The third-order valence-electron chi connectivity index (χ3n) is 3.59. The molecular formula is C12H25N. The maximum atomic E-state index is 3.57. The van der Waals surface area contributed by atoms with Crippen molar-refractivity contribution in [3.63, 3.8) is 0 Å². The zero-order valence-electron chi connectivity index (χ0n) is 9.47. The highest BCUT2D eigenvalue weighted by molar-refractivity contribution is 4.78. The van der Waals surface area contributed by atoms with E-state index in [0.717, 1.165) is 17.8 Å². The average Bonchev–Trinajstić information content (AvgIpc) is 2.10. The van der Waals surface area contributed by atoms with Crippen LogP contribution in [0, 0.1) is 17.8 Å². The Morgan fingerprint density at radius 3 is 2.31 bits per heavy atom. The maximum Gasteiger partial charge on any atom is -0.00154 e. The molecule has 1 fully saturated rings. The monoisotopic (exact) mass is 183 g/mol. The molecule has 78 valence electrons. The molecule has 0 radical (unpaired) electrons. The highest BCUT2D eigenvalue weighted by Gasteiger charge is 2.26. The van der Waals surface area contributed by atoms with Crippen LogP contribution in [0.3, 0.4) is 0 Å². The van der Waals surface area contributed by atoms with Gasteiger partial charge in [-0.3, -0.25) is 0 Å². The number of hydrogen-bond acceptors (Lipinski definition) is 1. The summed E-state index contributed by atoms with van der Waals surface area (Å²) in [7, 11) is 0. The van der Waals surface area contributed by atoms with Gasteiger partial charge in [0.15, 0.2) is 0 Å². The second-order valence-electron chi connectivity index (χ2n) is 4.75. The fourth-order valence-electron chi connectivity index (χ4n) is 2.60. The molecule has 0 aromatic carbocycles. The predicted molar refractivity (Wildman–Crippen MR) is 58.8 cm³/mol. The zero-order chi connectivity index (χ0) is 9.68. The lowest BCUT2D eigenvalue weighted by Crippen LogP contribution is -2.34. The van der Waals surface area contributed by atoms with Crippen molar-refractivity contribution in [2.24, 2.45) is 17.8 Å². The Bertz CT molecular complexity index is 123. The molecule has 0 saturated heterocycles. The number of nitrogens with one attached hydrogen (secondary N) is 1. The fourth-order valence-corrected chi connectivity index (χ4v) is 2.60. The maximum absolute atomic E-state index is 3.57. The van der Waals surface area contributed by atoms with Gasteiger partial charge >= 0.3 is 0 Å². The van der Waals surface area contributed by atoms with Crippen LogP contribution in [0.5, 0.6) is 0 Å². The lowest BCUT2D eigenvalue weighted by atomic mass is 9.73. The third kappa shape index (κ3) is 3.30. The van der Waals surface area contributed by atoms with Crippen LogP contribution in [0.2, 0.25) is 0 Å². The van der Waals surface area contributed by atoms with Crippen LogP contribution < -0.4 is 5.32 Å². The van der Waals surface area contributed by atoms with Crippen molar-refractivity contribution in [3.8, 4) is 0 Å². The summed E-state index contributed by atoms with van der Waals surface area (Å²) in [5.41, 5.74) is 0. The van der Waals surface area contributed by atoms with E-state index in [0.29, 0.717) is 0 Å². The van der Waals surface area contributed by atoms with Crippen molar-refractivity contribution in [1.29, 1.82) is 0 Å². The molecule has 1 nitrogen and oxygen atoms in total. The van der Waals surface area contributed by atoms with Crippen LogP contribution >= 0.6 is 0 Å². The molecule has 0 spiro atoms. The summed E-state index contributed by atoms with van der Waals surface area (Å²) in [5, 5.41) is 3.57. The predicted octanol–water partition coefficient (Wildman–Crippen LogP) is 3.06. The van der Waals surface area contributed by atoms with Gasteiger partial charge in [0.05, 0.1) is 0 Å². The molecule has 1 rings (SSSR count). The van der Waals surface area contributed by atoms with Gasteiger partial charge in [-0.2, -0.15) is 0 Å². The molecule has 1 N–H and O–H groups in total. The molecule has 2 atom stereocenters. The summed E-state index contributed by atoms with van der Waals surface area (Å²) in [4.78, 5) is 0. The van der Waals surface area contributed by atoms with Crippen LogP contribution in [0.15, 0.2) is 0 Å². The van der Waals surface area contributed by atoms with Crippen LogP contribution in [0.4, 0.5) is 0 Å². The molecule has 0 aromatic rings. The molecule has 2 unspecified atom stereocenters. The van der Waals surface area contributed by atoms with E-state index in [1.54, 1.807) is 0 Å². The van der Waals surface area contributed by atoms with Crippen molar-refractivity contribution in [2.45, 2.75) is 46.5 Å². The van der Waals surface area contributed by atoms with E-state index >= 15 is 0 Å². The largest absolute Gasteiger partial charge is 0.316 e. The van der Waals surface area contributed by atoms with Crippen molar-refractivity contribution in [2.75, 3.05) is 13.1 Å². The van der Waals surface area contributed by atoms with Gasteiger partial charge in [-0.25, -0.2) is 0 Å². The zero-order valence-corrected chi connectivity index (χ0v) is 9.47. The summed E-state index contributed by atoms with van der Waals surface area (Å²) >= 11 is 0. The van der Waals surface area contributed by atoms with Crippen LogP contribution in [0.1, 0.15) is 46.5 Å². The first-order valence-electron chi connectivity index (χ1n) is 5.96. The van der Waals surface area contributed by atoms with Crippen LogP contribution in [0.25, 0.3) is 0 Å². The molecule has 0 aromatic heterocycles. The second kappa shape index (κ2) is 5.64. The normalized spacial score (nSPS) is 34.8. The van der Waals surface area contributed by atoms with E-state index in [4.69, 9.17) is 0 Å². The van der Waals surface area contributed by atoms with Gasteiger partial charge in [0, 0.05) is 0 Å². The highest BCUT2D eigenvalue weighted by Crippen LogP contribution is 2.33. The lowest BCUT2D eigenvalue weighted by molar-refractivity contribution is 0.175. The molecule has 0 aliphatic heterocycles. The molecule has 13 heavy (non-hydrogen) atoms. The van der Waals surface area contributed by atoms with E-state index < -0.39 is 0 Å². The molecule has 1 aliphatic carbocycles. The molecule has 1 aliphatic rings. The summed E-state index contributed by atoms with van der Waals surface area (Å²) in [6.45, 7) is 9.52. The minimum atomic E-state index is 0.931. The van der Waals surface area contributed by atoms with Gasteiger partial charge in [0.2, 0.25) is 0 Å². The van der Waals surface area contributed by atoms with E-state index in [2.05, 4.69) is 26.1 Å². The van der Waals surface area contributed by atoms with Gasteiger partial charge in [0.1, 0.15) is 0 Å². The molecule has 0 heterocycles. The van der Waals surface area contributed by atoms with Crippen molar-refractivity contribution < 1.29 is 0 Å². The topological polar surface area (TPSA) is 12.0 Å². The Labute approximate surface area is 83.3 Å². The Balaban J connectivity index is 2.26. The number of hydrogen-bond donors (Lipinski definition) is 1. The molecule has 1 saturated carbocycles. The van der Waals surface area contributed by atoms with E-state index in [-0.39, 0.29) is 0 Å². The Hall–Kier alpha value is -0.0400. The lowest BCUT2D eigenvalue weighted by Gasteiger charge is -2.34.